The summed E-state index contributed by atoms with van der Waals surface area (Å²) in [5.41, 5.74) is 3.31. The molecule has 1 unspecified atom stereocenters. The zero-order chi connectivity index (χ0) is 20.9. The summed E-state index contributed by atoms with van der Waals surface area (Å²) in [6.07, 6.45) is 0.829. The number of thiazole rings is 1. The van der Waals surface area contributed by atoms with E-state index in [0.717, 1.165) is 35.9 Å². The third kappa shape index (κ3) is 5.47. The van der Waals surface area contributed by atoms with Gasteiger partial charge in [-0.2, -0.15) is 0 Å². The van der Waals surface area contributed by atoms with E-state index in [9.17, 15) is 4.79 Å². The van der Waals surface area contributed by atoms with Gasteiger partial charge in [0.2, 0.25) is 0 Å². The van der Waals surface area contributed by atoms with Crippen LogP contribution in [-0.4, -0.2) is 42.1 Å². The van der Waals surface area contributed by atoms with E-state index in [1.165, 1.54) is 11.3 Å². The molecule has 0 bridgehead atoms. The number of guanidine groups is 1. The highest BCUT2D eigenvalue weighted by molar-refractivity contribution is 7.11. The topological polar surface area (TPSA) is 87.6 Å². The Bertz CT molecular complexity index is 877. The van der Waals surface area contributed by atoms with Crippen molar-refractivity contribution in [3.63, 3.8) is 0 Å². The van der Waals surface area contributed by atoms with Crippen molar-refractivity contribution in [3.8, 4) is 5.75 Å². The Morgan fingerprint density at radius 1 is 1.34 bits per heavy atom. The van der Waals surface area contributed by atoms with Gasteiger partial charge in [0.25, 0.3) is 5.91 Å². The zero-order valence-corrected chi connectivity index (χ0v) is 18.2. The molecule has 8 heteroatoms. The van der Waals surface area contributed by atoms with Gasteiger partial charge >= 0.3 is 0 Å². The van der Waals surface area contributed by atoms with Crippen LogP contribution in [-0.2, 0) is 0 Å². The molecule has 0 radical (unpaired) electrons. The summed E-state index contributed by atoms with van der Waals surface area (Å²) in [6, 6.07) is 8.21. The Hall–Kier alpha value is -2.61. The number of carbonyl (C=O) groups excluding carboxylic acids is 1. The van der Waals surface area contributed by atoms with Crippen molar-refractivity contribution in [2.24, 2.45) is 4.99 Å². The van der Waals surface area contributed by atoms with Gasteiger partial charge in [0.1, 0.15) is 16.2 Å². The van der Waals surface area contributed by atoms with E-state index in [1.54, 1.807) is 5.51 Å². The van der Waals surface area contributed by atoms with Gasteiger partial charge < -0.3 is 20.7 Å². The van der Waals surface area contributed by atoms with Crippen LogP contribution in [0.5, 0.6) is 5.75 Å². The number of para-hydroxylation sites is 1. The van der Waals surface area contributed by atoms with Crippen molar-refractivity contribution in [2.75, 3.05) is 19.6 Å². The molecule has 0 aliphatic carbocycles. The first kappa shape index (κ1) is 21.1. The maximum atomic E-state index is 12.2. The highest BCUT2D eigenvalue weighted by Crippen LogP contribution is 2.39. The van der Waals surface area contributed by atoms with Crippen molar-refractivity contribution < 1.29 is 9.53 Å². The third-order valence-electron chi connectivity index (χ3n) is 4.65. The predicted octanol–water partition coefficient (Wildman–Crippen LogP) is 3.04. The van der Waals surface area contributed by atoms with Crippen molar-refractivity contribution in [1.29, 1.82) is 0 Å². The molecule has 1 amide bonds. The van der Waals surface area contributed by atoms with Gasteiger partial charge in [0.15, 0.2) is 5.96 Å². The second kappa shape index (κ2) is 9.26. The minimum absolute atomic E-state index is 0.0988. The van der Waals surface area contributed by atoms with Crippen LogP contribution in [0.15, 0.2) is 34.8 Å². The summed E-state index contributed by atoms with van der Waals surface area (Å²) in [6.45, 7) is 9.76. The summed E-state index contributed by atoms with van der Waals surface area (Å²) in [5, 5.41) is 9.73. The van der Waals surface area contributed by atoms with Gasteiger partial charge in [-0.05, 0) is 33.8 Å². The molecule has 3 rings (SSSR count). The molecule has 3 N–H and O–H groups in total. The first-order valence-corrected chi connectivity index (χ1v) is 10.8. The van der Waals surface area contributed by atoms with Crippen LogP contribution in [0.2, 0.25) is 0 Å². The number of aryl methyl sites for hydroxylation is 1. The number of rotatable bonds is 6. The smallest absolute Gasteiger partial charge is 0.263 e. The molecule has 0 fully saturated rings. The number of nitrogens with one attached hydrogen (secondary N) is 3. The van der Waals surface area contributed by atoms with E-state index in [4.69, 9.17) is 4.74 Å². The van der Waals surface area contributed by atoms with Gasteiger partial charge in [-0.3, -0.25) is 9.79 Å². The number of ether oxygens (including phenoxy) is 1. The van der Waals surface area contributed by atoms with E-state index >= 15 is 0 Å². The van der Waals surface area contributed by atoms with Crippen LogP contribution in [0.25, 0.3) is 0 Å². The van der Waals surface area contributed by atoms with Crippen molar-refractivity contribution in [2.45, 2.75) is 45.8 Å². The largest absolute Gasteiger partial charge is 0.487 e. The molecular formula is C21H29N5O2S. The van der Waals surface area contributed by atoms with Crippen LogP contribution in [0.4, 0.5) is 0 Å². The number of hydrogen-bond donors (Lipinski definition) is 3. The van der Waals surface area contributed by atoms with Crippen LogP contribution in [0.3, 0.4) is 0 Å². The number of nitrogens with zero attached hydrogens (tertiary/aromatic N) is 2. The van der Waals surface area contributed by atoms with Gasteiger partial charge in [-0.15, -0.1) is 11.3 Å². The van der Waals surface area contributed by atoms with E-state index in [1.807, 2.05) is 32.0 Å². The van der Waals surface area contributed by atoms with Crippen molar-refractivity contribution in [3.05, 3.63) is 45.9 Å². The average Bonchev–Trinajstić information content (AvgIpc) is 3.10. The van der Waals surface area contributed by atoms with E-state index in [2.05, 4.69) is 45.8 Å². The Labute approximate surface area is 176 Å². The highest BCUT2D eigenvalue weighted by Gasteiger charge is 2.33. The Kier molecular flexibility index (Phi) is 6.74. The molecular weight excluding hydrogens is 386 g/mol. The van der Waals surface area contributed by atoms with Gasteiger partial charge in [0, 0.05) is 25.1 Å². The molecule has 0 saturated carbocycles. The number of carbonyl (C=O) groups is 1. The summed E-state index contributed by atoms with van der Waals surface area (Å²) in [7, 11) is 0. The Morgan fingerprint density at radius 2 is 2.14 bits per heavy atom. The number of hydrogen-bond acceptors (Lipinski definition) is 5. The molecule has 1 aromatic heterocycles. The number of aromatic nitrogens is 1. The molecule has 29 heavy (non-hydrogen) atoms. The van der Waals surface area contributed by atoms with Gasteiger partial charge in [-0.25, -0.2) is 4.98 Å². The summed E-state index contributed by atoms with van der Waals surface area (Å²) in [5.74, 6) is 1.54. The molecule has 2 heterocycles. The zero-order valence-electron chi connectivity index (χ0n) is 17.4. The van der Waals surface area contributed by atoms with Crippen LogP contribution in [0.1, 0.15) is 54.2 Å². The fourth-order valence-electron chi connectivity index (χ4n) is 3.35. The minimum Gasteiger partial charge on any atom is -0.487 e. The summed E-state index contributed by atoms with van der Waals surface area (Å²) in [4.78, 5) is 21.6. The van der Waals surface area contributed by atoms with E-state index in [-0.39, 0.29) is 17.6 Å². The lowest BCUT2D eigenvalue weighted by atomic mass is 9.90. The van der Waals surface area contributed by atoms with Gasteiger partial charge in [0.05, 0.1) is 23.8 Å². The van der Waals surface area contributed by atoms with E-state index < -0.39 is 0 Å². The standard InChI is InChI=1S/C21H29N5O2S/c1-5-22-20(24-11-10-23-19(27)18-14(2)25-13-29-18)26-16-12-21(3,4)28-17-9-7-6-8-15(16)17/h6-9,13,16H,5,10-12H2,1-4H3,(H,23,27)(H2,22,24,26). The van der Waals surface area contributed by atoms with Crippen LogP contribution in [0, 0.1) is 6.92 Å². The number of fused-ring (bicyclic) bond motifs is 1. The molecule has 0 spiro atoms. The maximum Gasteiger partial charge on any atom is 0.263 e. The number of benzene rings is 1. The van der Waals surface area contributed by atoms with Crippen molar-refractivity contribution >= 4 is 23.2 Å². The SMILES string of the molecule is CCNC(=NCCNC(=O)c1scnc1C)NC1CC(C)(C)Oc2ccccc21. The first-order valence-electron chi connectivity index (χ1n) is 9.90. The molecule has 1 aliphatic heterocycles. The second-order valence-electron chi connectivity index (χ2n) is 7.58. The third-order valence-corrected chi connectivity index (χ3v) is 5.58. The summed E-state index contributed by atoms with van der Waals surface area (Å²) >= 11 is 1.35. The molecule has 1 aromatic carbocycles. The minimum atomic E-state index is -0.260. The molecule has 2 aromatic rings. The lowest BCUT2D eigenvalue weighted by Gasteiger charge is -2.38. The van der Waals surface area contributed by atoms with Crippen LogP contribution < -0.4 is 20.7 Å². The predicted molar refractivity (Wildman–Crippen MR) is 117 cm³/mol. The number of aliphatic imine (C=N–C) groups is 1. The lowest BCUT2D eigenvalue weighted by molar-refractivity contribution is 0.0694. The molecule has 7 nitrogen and oxygen atoms in total. The molecule has 0 saturated heterocycles. The second-order valence-corrected chi connectivity index (χ2v) is 8.44. The highest BCUT2D eigenvalue weighted by atomic mass is 32.1. The van der Waals surface area contributed by atoms with Crippen LogP contribution >= 0.6 is 11.3 Å². The van der Waals surface area contributed by atoms with Crippen molar-refractivity contribution in [1.82, 2.24) is 20.9 Å². The van der Waals surface area contributed by atoms with E-state index in [0.29, 0.717) is 18.0 Å². The normalized spacial score (nSPS) is 17.8. The monoisotopic (exact) mass is 415 g/mol. The quantitative estimate of drug-likeness (QED) is 0.383. The Balaban J connectivity index is 1.62. The maximum absolute atomic E-state index is 12.2. The fraction of sp³-hybridized carbons (Fsp3) is 0.476. The molecule has 156 valence electrons. The Morgan fingerprint density at radius 3 is 2.86 bits per heavy atom. The molecule has 1 atom stereocenters. The fourth-order valence-corrected chi connectivity index (χ4v) is 4.07. The first-order chi connectivity index (χ1) is 13.9. The number of amides is 1. The van der Waals surface area contributed by atoms with Gasteiger partial charge in [-0.1, -0.05) is 18.2 Å². The molecule has 1 aliphatic rings. The summed E-state index contributed by atoms with van der Waals surface area (Å²) < 4.78 is 6.11. The lowest BCUT2D eigenvalue weighted by Crippen LogP contribution is -2.45. The average molecular weight is 416 g/mol.